The Morgan fingerprint density at radius 2 is 2.20 bits per heavy atom. The molecule has 0 aliphatic rings. The van der Waals surface area contributed by atoms with Gasteiger partial charge in [-0.15, -0.1) is 0 Å². The average Bonchev–Trinajstić information content (AvgIpc) is 2.16. The van der Waals surface area contributed by atoms with Crippen LogP contribution in [0, 0.1) is 10.1 Å². The molecule has 0 bridgehead atoms. The van der Waals surface area contributed by atoms with Crippen LogP contribution in [0.25, 0.3) is 0 Å². The van der Waals surface area contributed by atoms with Gasteiger partial charge in [0.1, 0.15) is 5.56 Å². The van der Waals surface area contributed by atoms with Crippen molar-refractivity contribution in [2.24, 2.45) is 5.73 Å². The molecule has 0 spiro atoms. The second-order valence-corrected chi connectivity index (χ2v) is 2.69. The molecule has 8 heteroatoms. The maximum absolute atomic E-state index is 12.4. The molecule has 0 saturated carbocycles. The lowest BCUT2D eigenvalue weighted by atomic mass is 10.2. The van der Waals surface area contributed by atoms with Gasteiger partial charge in [-0.3, -0.25) is 0 Å². The number of hydrogen-bond acceptors (Lipinski definition) is 4. The monoisotopic (exact) mass is 219 g/mol. The van der Waals surface area contributed by atoms with E-state index in [1.165, 1.54) is 0 Å². The standard InChI is InChI=1S/C7H7F2N3O3/c8-5(9)4-1-3(2-10)7(13)11-6(4)12(14)15/h1,5H,2,10H2,(H,11,13). The number of halogens is 2. The van der Waals surface area contributed by atoms with Crippen molar-refractivity contribution in [3.8, 4) is 0 Å². The Kier molecular flexibility index (Phi) is 3.10. The van der Waals surface area contributed by atoms with Gasteiger partial charge >= 0.3 is 11.4 Å². The molecule has 15 heavy (non-hydrogen) atoms. The molecule has 6 nitrogen and oxygen atoms in total. The molecule has 1 rings (SSSR count). The van der Waals surface area contributed by atoms with Crippen molar-refractivity contribution in [1.29, 1.82) is 0 Å². The van der Waals surface area contributed by atoms with Crippen molar-refractivity contribution in [3.05, 3.63) is 37.7 Å². The van der Waals surface area contributed by atoms with E-state index in [0.717, 1.165) is 6.07 Å². The van der Waals surface area contributed by atoms with Crippen molar-refractivity contribution in [2.45, 2.75) is 13.0 Å². The smallest absolute Gasteiger partial charge is 0.336 e. The minimum absolute atomic E-state index is 0.115. The molecule has 0 radical (unpaired) electrons. The summed E-state index contributed by atoms with van der Waals surface area (Å²) in [5.74, 6) is -0.993. The van der Waals surface area contributed by atoms with Crippen LogP contribution < -0.4 is 11.3 Å². The number of nitrogens with zero attached hydrogens (tertiary/aromatic N) is 1. The molecule has 0 saturated heterocycles. The zero-order valence-electron chi connectivity index (χ0n) is 7.37. The molecular formula is C7H7F2N3O3. The Morgan fingerprint density at radius 3 is 2.60 bits per heavy atom. The van der Waals surface area contributed by atoms with E-state index < -0.39 is 28.3 Å². The first-order valence-electron chi connectivity index (χ1n) is 3.86. The number of hydrogen-bond donors (Lipinski definition) is 2. The predicted molar refractivity (Wildman–Crippen MR) is 46.6 cm³/mol. The third kappa shape index (κ3) is 2.15. The van der Waals surface area contributed by atoms with Gasteiger partial charge in [0.05, 0.1) is 5.56 Å². The van der Waals surface area contributed by atoms with Crippen molar-refractivity contribution in [1.82, 2.24) is 4.98 Å². The van der Waals surface area contributed by atoms with Crippen LogP contribution in [0.15, 0.2) is 10.9 Å². The van der Waals surface area contributed by atoms with Gasteiger partial charge in [0.25, 0.3) is 6.43 Å². The molecule has 0 aliphatic heterocycles. The molecule has 0 amide bonds. The molecule has 0 aromatic carbocycles. The summed E-state index contributed by atoms with van der Waals surface area (Å²) in [5, 5.41) is 10.3. The number of nitrogens with one attached hydrogen (secondary N) is 1. The van der Waals surface area contributed by atoms with Crippen LogP contribution in [0.5, 0.6) is 0 Å². The van der Waals surface area contributed by atoms with Gasteiger partial charge in [-0.25, -0.2) is 18.6 Å². The summed E-state index contributed by atoms with van der Waals surface area (Å²) in [6.45, 7) is -0.257. The normalized spacial score (nSPS) is 10.7. The van der Waals surface area contributed by atoms with Gasteiger partial charge in [-0.1, -0.05) is 0 Å². The van der Waals surface area contributed by atoms with E-state index in [0.29, 0.717) is 0 Å². The summed E-state index contributed by atoms with van der Waals surface area (Å²) >= 11 is 0. The van der Waals surface area contributed by atoms with Gasteiger partial charge in [0.2, 0.25) is 0 Å². The highest BCUT2D eigenvalue weighted by atomic mass is 19.3. The SMILES string of the molecule is NCc1cc(C(F)F)c([N+](=O)[O-])[nH]c1=O. The van der Waals surface area contributed by atoms with Gasteiger partial charge in [-0.2, -0.15) is 0 Å². The first-order valence-corrected chi connectivity index (χ1v) is 3.86. The minimum atomic E-state index is -3.03. The minimum Gasteiger partial charge on any atom is -0.358 e. The Bertz CT molecular complexity index is 444. The lowest BCUT2D eigenvalue weighted by Crippen LogP contribution is -2.18. The predicted octanol–water partition coefficient (Wildman–Crippen LogP) is 0.679. The van der Waals surface area contributed by atoms with Gasteiger partial charge < -0.3 is 15.8 Å². The molecule has 0 unspecified atom stereocenters. The Hall–Kier alpha value is -1.83. The number of aromatic nitrogens is 1. The van der Waals surface area contributed by atoms with Gasteiger partial charge in [-0.05, 0) is 11.0 Å². The molecule has 82 valence electrons. The highest BCUT2D eigenvalue weighted by molar-refractivity contribution is 5.36. The number of nitrogens with two attached hydrogens (primary N) is 1. The van der Waals surface area contributed by atoms with E-state index in [1.807, 2.05) is 0 Å². The molecule has 1 heterocycles. The van der Waals surface area contributed by atoms with Gasteiger partial charge in [0, 0.05) is 6.54 Å². The van der Waals surface area contributed by atoms with Crippen molar-refractivity contribution in [3.63, 3.8) is 0 Å². The van der Waals surface area contributed by atoms with E-state index in [9.17, 15) is 23.7 Å². The Labute approximate surface area is 81.9 Å². The zero-order valence-corrected chi connectivity index (χ0v) is 7.37. The highest BCUT2D eigenvalue weighted by Crippen LogP contribution is 2.26. The summed E-state index contributed by atoms with van der Waals surface area (Å²) in [6, 6.07) is 0.752. The van der Waals surface area contributed by atoms with Gasteiger partial charge in [0.15, 0.2) is 0 Å². The highest BCUT2D eigenvalue weighted by Gasteiger charge is 2.23. The largest absolute Gasteiger partial charge is 0.358 e. The molecule has 0 fully saturated rings. The molecule has 0 atom stereocenters. The molecule has 0 aliphatic carbocycles. The number of alkyl halides is 2. The number of rotatable bonds is 3. The van der Waals surface area contributed by atoms with E-state index in [-0.39, 0.29) is 12.1 Å². The summed E-state index contributed by atoms with van der Waals surface area (Å²) in [4.78, 5) is 22.1. The summed E-state index contributed by atoms with van der Waals surface area (Å²) < 4.78 is 24.7. The topological polar surface area (TPSA) is 102 Å². The lowest BCUT2D eigenvalue weighted by Gasteiger charge is -2.03. The van der Waals surface area contributed by atoms with Crippen molar-refractivity contribution in [2.75, 3.05) is 0 Å². The Morgan fingerprint density at radius 1 is 1.60 bits per heavy atom. The Balaban J connectivity index is 3.46. The fraction of sp³-hybridized carbons (Fsp3) is 0.286. The summed E-state index contributed by atoms with van der Waals surface area (Å²) in [7, 11) is 0. The van der Waals surface area contributed by atoms with E-state index in [4.69, 9.17) is 5.73 Å². The molecule has 1 aromatic rings. The van der Waals surface area contributed by atoms with Crippen LogP contribution in [0.3, 0.4) is 0 Å². The third-order valence-electron chi connectivity index (χ3n) is 1.76. The lowest BCUT2D eigenvalue weighted by molar-refractivity contribution is -0.391. The number of nitro groups is 1. The van der Waals surface area contributed by atoms with Crippen LogP contribution in [0.1, 0.15) is 17.6 Å². The first-order chi connectivity index (χ1) is 6.97. The molecule has 1 aromatic heterocycles. The van der Waals surface area contributed by atoms with Crippen LogP contribution >= 0.6 is 0 Å². The van der Waals surface area contributed by atoms with Crippen molar-refractivity contribution >= 4 is 5.82 Å². The quantitative estimate of drug-likeness (QED) is 0.576. The average molecular weight is 219 g/mol. The maximum atomic E-state index is 12.4. The summed E-state index contributed by atoms with van der Waals surface area (Å²) in [6.07, 6.45) is -3.03. The molecular weight excluding hydrogens is 212 g/mol. The fourth-order valence-corrected chi connectivity index (χ4v) is 1.05. The van der Waals surface area contributed by atoms with Crippen LogP contribution in [-0.4, -0.2) is 9.91 Å². The molecule has 3 N–H and O–H groups in total. The van der Waals surface area contributed by atoms with E-state index in [1.54, 1.807) is 4.98 Å². The first kappa shape index (κ1) is 11.2. The number of pyridine rings is 1. The van der Waals surface area contributed by atoms with Crippen molar-refractivity contribution < 1.29 is 13.7 Å². The number of aromatic amines is 1. The maximum Gasteiger partial charge on any atom is 0.336 e. The third-order valence-corrected chi connectivity index (χ3v) is 1.76. The van der Waals surface area contributed by atoms with Crippen LogP contribution in [0.2, 0.25) is 0 Å². The van der Waals surface area contributed by atoms with Crippen LogP contribution in [0.4, 0.5) is 14.6 Å². The van der Waals surface area contributed by atoms with E-state index in [2.05, 4.69) is 0 Å². The summed E-state index contributed by atoms with van der Waals surface area (Å²) in [5.41, 5.74) is 3.34. The second-order valence-electron chi connectivity index (χ2n) is 2.69. The van der Waals surface area contributed by atoms with Crippen LogP contribution in [-0.2, 0) is 6.54 Å². The second kappa shape index (κ2) is 4.13. The van der Waals surface area contributed by atoms with E-state index >= 15 is 0 Å². The zero-order chi connectivity index (χ0) is 11.6. The number of H-pyrrole nitrogens is 1. The fourth-order valence-electron chi connectivity index (χ4n) is 1.05.